The first kappa shape index (κ1) is 18.7. The zero-order chi connectivity index (χ0) is 18.1. The molecule has 1 amide bonds. The molecule has 6 nitrogen and oxygen atoms in total. The Hall–Kier alpha value is -1.05. The van der Waals surface area contributed by atoms with E-state index in [1.807, 2.05) is 9.80 Å². The summed E-state index contributed by atoms with van der Waals surface area (Å²) in [4.78, 5) is 16.4. The third kappa shape index (κ3) is 3.59. The van der Waals surface area contributed by atoms with Crippen LogP contribution in [-0.2, 0) is 9.53 Å². The zero-order valence-corrected chi connectivity index (χ0v) is 15.5. The van der Waals surface area contributed by atoms with E-state index < -0.39 is 0 Å². The van der Waals surface area contributed by atoms with Crippen molar-refractivity contribution < 1.29 is 19.7 Å². The number of ether oxygens (including phenoxy) is 1. The summed E-state index contributed by atoms with van der Waals surface area (Å²) in [5.41, 5.74) is 0.610. The summed E-state index contributed by atoms with van der Waals surface area (Å²) in [6, 6.07) is 2.93. The number of hydrogen-bond acceptors (Lipinski definition) is 5. The van der Waals surface area contributed by atoms with Crippen LogP contribution in [0.4, 0.5) is 0 Å². The van der Waals surface area contributed by atoms with Crippen molar-refractivity contribution in [3.05, 3.63) is 27.7 Å². The van der Waals surface area contributed by atoms with Gasteiger partial charge >= 0.3 is 0 Å². The second-order valence-electron chi connectivity index (χ2n) is 6.65. The summed E-state index contributed by atoms with van der Waals surface area (Å²) < 4.78 is 5.14. The fourth-order valence-electron chi connectivity index (χ4n) is 3.89. The highest BCUT2D eigenvalue weighted by Gasteiger charge is 2.43. The van der Waals surface area contributed by atoms with Crippen LogP contribution in [0.15, 0.2) is 12.1 Å². The standard InChI is InChI=1S/C17H22Cl2N2O4/c1-25-9-12(8-22)20-6-11-4-10(5-21(11)15(24)7-20)16-14(23)3-2-13(18)17(16)19/h2-3,10-12,22-23H,4-9H2,1H3/t10-,11-,12+/m0/s1. The molecule has 8 heteroatoms. The summed E-state index contributed by atoms with van der Waals surface area (Å²) in [5.74, 6) is 0.0669. The molecule has 2 aliphatic heterocycles. The summed E-state index contributed by atoms with van der Waals surface area (Å²) in [7, 11) is 1.58. The third-order valence-corrected chi connectivity index (χ3v) is 5.94. The van der Waals surface area contributed by atoms with E-state index in [4.69, 9.17) is 27.9 Å². The van der Waals surface area contributed by atoms with Crippen LogP contribution >= 0.6 is 23.2 Å². The van der Waals surface area contributed by atoms with Gasteiger partial charge in [0, 0.05) is 37.7 Å². The molecule has 0 aromatic heterocycles. The van der Waals surface area contributed by atoms with Crippen LogP contribution in [0.5, 0.6) is 5.75 Å². The van der Waals surface area contributed by atoms with Crippen LogP contribution in [0.2, 0.25) is 10.0 Å². The summed E-state index contributed by atoms with van der Waals surface area (Å²) >= 11 is 12.4. The topological polar surface area (TPSA) is 73.2 Å². The average Bonchev–Trinajstić information content (AvgIpc) is 3.00. The highest BCUT2D eigenvalue weighted by atomic mass is 35.5. The van der Waals surface area contributed by atoms with E-state index in [0.29, 0.717) is 41.7 Å². The largest absolute Gasteiger partial charge is 0.508 e. The first-order chi connectivity index (χ1) is 12.0. The number of nitrogens with zero attached hydrogens (tertiary/aromatic N) is 2. The number of hydrogen-bond donors (Lipinski definition) is 2. The van der Waals surface area contributed by atoms with Gasteiger partial charge in [-0.05, 0) is 18.6 Å². The van der Waals surface area contributed by atoms with E-state index in [0.717, 1.165) is 0 Å². The van der Waals surface area contributed by atoms with Crippen LogP contribution in [0, 0.1) is 0 Å². The van der Waals surface area contributed by atoms with Crippen LogP contribution in [0.1, 0.15) is 17.9 Å². The van der Waals surface area contributed by atoms with Gasteiger partial charge in [-0.1, -0.05) is 23.2 Å². The number of rotatable bonds is 5. The number of aromatic hydroxyl groups is 1. The molecule has 0 spiro atoms. The van der Waals surface area contributed by atoms with Gasteiger partial charge in [-0.2, -0.15) is 0 Å². The van der Waals surface area contributed by atoms with Gasteiger partial charge in [-0.25, -0.2) is 0 Å². The van der Waals surface area contributed by atoms with E-state index in [1.54, 1.807) is 13.2 Å². The monoisotopic (exact) mass is 388 g/mol. The van der Waals surface area contributed by atoms with E-state index in [9.17, 15) is 15.0 Å². The summed E-state index contributed by atoms with van der Waals surface area (Å²) in [6.45, 7) is 1.75. The quantitative estimate of drug-likeness (QED) is 0.802. The normalized spacial score (nSPS) is 25.3. The van der Waals surface area contributed by atoms with Gasteiger partial charge in [-0.15, -0.1) is 0 Å². The molecule has 3 atom stereocenters. The number of benzene rings is 1. The highest BCUT2D eigenvalue weighted by Crippen LogP contribution is 2.43. The number of phenolic OH excluding ortho intramolecular Hbond substituents is 1. The molecule has 2 fully saturated rings. The van der Waals surface area contributed by atoms with Crippen molar-refractivity contribution in [2.75, 3.05) is 40.0 Å². The maximum absolute atomic E-state index is 12.6. The number of halogens is 2. The Balaban J connectivity index is 1.79. The Labute approximate surface area is 156 Å². The minimum Gasteiger partial charge on any atom is -0.508 e. The molecule has 1 aromatic rings. The minimum atomic E-state index is -0.196. The second-order valence-corrected chi connectivity index (χ2v) is 7.43. The number of phenols is 1. The second kappa shape index (κ2) is 7.68. The first-order valence-corrected chi connectivity index (χ1v) is 9.02. The van der Waals surface area contributed by atoms with E-state index in [-0.39, 0.29) is 42.8 Å². The lowest BCUT2D eigenvalue weighted by molar-refractivity contribution is -0.139. The smallest absolute Gasteiger partial charge is 0.237 e. The van der Waals surface area contributed by atoms with Crippen molar-refractivity contribution in [2.45, 2.75) is 24.4 Å². The van der Waals surface area contributed by atoms with Crippen molar-refractivity contribution >= 4 is 29.1 Å². The Bertz CT molecular complexity index is 658. The molecule has 2 saturated heterocycles. The SMILES string of the molecule is COC[C@@H](CO)N1CC(=O)N2C[C@@H](c3c(O)ccc(Cl)c3Cl)C[C@H]2C1. The molecule has 0 saturated carbocycles. The molecule has 0 unspecified atom stereocenters. The van der Waals surface area contributed by atoms with Crippen LogP contribution in [0.3, 0.4) is 0 Å². The minimum absolute atomic E-state index is 0.0194. The van der Waals surface area contributed by atoms with Gasteiger partial charge in [0.2, 0.25) is 5.91 Å². The number of aliphatic hydroxyl groups is 1. The van der Waals surface area contributed by atoms with E-state index in [2.05, 4.69) is 0 Å². The molecule has 25 heavy (non-hydrogen) atoms. The van der Waals surface area contributed by atoms with Crippen molar-refractivity contribution in [1.82, 2.24) is 9.80 Å². The molecular weight excluding hydrogens is 367 g/mol. The van der Waals surface area contributed by atoms with Crippen molar-refractivity contribution in [3.63, 3.8) is 0 Å². The lowest BCUT2D eigenvalue weighted by Gasteiger charge is -2.40. The van der Waals surface area contributed by atoms with Crippen LogP contribution in [0.25, 0.3) is 0 Å². The van der Waals surface area contributed by atoms with Crippen LogP contribution < -0.4 is 0 Å². The molecule has 1 aromatic carbocycles. The predicted octanol–water partition coefficient (Wildman–Crippen LogP) is 1.71. The Morgan fingerprint density at radius 3 is 2.80 bits per heavy atom. The number of methoxy groups -OCH3 is 1. The molecular formula is C17H22Cl2N2O4. The molecule has 0 bridgehead atoms. The van der Waals surface area contributed by atoms with Gasteiger partial charge < -0.3 is 19.8 Å². The average molecular weight is 389 g/mol. The van der Waals surface area contributed by atoms with Crippen LogP contribution in [-0.4, -0.2) is 78.0 Å². The maximum Gasteiger partial charge on any atom is 0.237 e. The molecule has 2 aliphatic rings. The Kier molecular flexibility index (Phi) is 5.75. The van der Waals surface area contributed by atoms with Gasteiger partial charge in [-0.3, -0.25) is 9.69 Å². The third-order valence-electron chi connectivity index (χ3n) is 5.12. The van der Waals surface area contributed by atoms with E-state index >= 15 is 0 Å². The molecule has 0 radical (unpaired) electrons. The Morgan fingerprint density at radius 2 is 2.12 bits per heavy atom. The van der Waals surface area contributed by atoms with Crippen molar-refractivity contribution in [2.24, 2.45) is 0 Å². The molecule has 0 aliphatic carbocycles. The molecule has 3 rings (SSSR count). The van der Waals surface area contributed by atoms with Crippen molar-refractivity contribution in [1.29, 1.82) is 0 Å². The summed E-state index contributed by atoms with van der Waals surface area (Å²) in [6.07, 6.45) is 0.695. The Morgan fingerprint density at radius 1 is 1.36 bits per heavy atom. The fraction of sp³-hybridized carbons (Fsp3) is 0.588. The predicted molar refractivity (Wildman–Crippen MR) is 95.3 cm³/mol. The number of piperazine rings is 1. The summed E-state index contributed by atoms with van der Waals surface area (Å²) in [5, 5.41) is 20.5. The highest BCUT2D eigenvalue weighted by molar-refractivity contribution is 6.42. The van der Waals surface area contributed by atoms with E-state index in [1.165, 1.54) is 6.07 Å². The number of fused-ring (bicyclic) bond motifs is 1. The van der Waals surface area contributed by atoms with Gasteiger partial charge in [0.1, 0.15) is 5.75 Å². The number of amides is 1. The molecule has 2 N–H and O–H groups in total. The number of carbonyl (C=O) groups is 1. The van der Waals surface area contributed by atoms with Gasteiger partial charge in [0.25, 0.3) is 0 Å². The number of aliphatic hydroxyl groups excluding tert-OH is 1. The fourth-order valence-corrected chi connectivity index (χ4v) is 4.37. The maximum atomic E-state index is 12.6. The zero-order valence-electron chi connectivity index (χ0n) is 14.0. The van der Waals surface area contributed by atoms with Crippen molar-refractivity contribution in [3.8, 4) is 5.75 Å². The lowest BCUT2D eigenvalue weighted by atomic mass is 9.95. The molecule has 2 heterocycles. The molecule has 138 valence electrons. The lowest BCUT2D eigenvalue weighted by Crippen LogP contribution is -2.58. The number of carbonyl (C=O) groups excluding carboxylic acids is 1. The first-order valence-electron chi connectivity index (χ1n) is 8.26. The van der Waals surface area contributed by atoms with Gasteiger partial charge in [0.15, 0.2) is 0 Å². The van der Waals surface area contributed by atoms with Gasteiger partial charge in [0.05, 0.1) is 35.8 Å².